The smallest absolute Gasteiger partial charge is 0.224 e. The van der Waals surface area contributed by atoms with Gasteiger partial charge in [0.05, 0.1) is 5.69 Å². The van der Waals surface area contributed by atoms with Crippen LogP contribution < -0.4 is 5.32 Å². The van der Waals surface area contributed by atoms with Crippen molar-refractivity contribution < 1.29 is 4.79 Å². The van der Waals surface area contributed by atoms with Crippen LogP contribution in [0.2, 0.25) is 0 Å². The summed E-state index contributed by atoms with van der Waals surface area (Å²) >= 11 is 0. The van der Waals surface area contributed by atoms with E-state index < -0.39 is 0 Å². The first-order valence-corrected chi connectivity index (χ1v) is 10.8. The predicted octanol–water partition coefficient (Wildman–Crippen LogP) is 5.46. The van der Waals surface area contributed by atoms with Crippen LogP contribution in [0.1, 0.15) is 41.6 Å². The Bertz CT molecular complexity index is 1240. The molecule has 158 valence electrons. The molecule has 0 saturated heterocycles. The van der Waals surface area contributed by atoms with E-state index >= 15 is 0 Å². The fourth-order valence-corrected chi connectivity index (χ4v) is 4.17. The summed E-state index contributed by atoms with van der Waals surface area (Å²) in [6, 6.07) is 18.2. The van der Waals surface area contributed by atoms with Gasteiger partial charge in [-0.3, -0.25) is 4.79 Å². The number of carbonyl (C=O) groups is 1. The molecule has 0 aliphatic carbocycles. The normalized spacial score (nSPS) is 11.1. The van der Waals surface area contributed by atoms with Gasteiger partial charge < -0.3 is 5.32 Å². The molecule has 4 rings (SSSR count). The first-order chi connectivity index (χ1) is 15.0. The van der Waals surface area contributed by atoms with E-state index in [4.69, 9.17) is 10.1 Å². The molecule has 4 aromatic rings. The molecule has 0 radical (unpaired) electrons. The standard InChI is InChI=1S/C26H28N4O/c1-5-20-11-9-10-14-23(20)28-24(31)16-15-22-17(2)27-26-25(21-12-7-6-8-13-21)18(3)29-30(26)19(22)4/h6-14H,5,15-16H2,1-4H3,(H,28,31). The van der Waals surface area contributed by atoms with Crippen LogP contribution in [0.5, 0.6) is 0 Å². The quantitative estimate of drug-likeness (QED) is 0.458. The van der Waals surface area contributed by atoms with Gasteiger partial charge in [-0.1, -0.05) is 55.5 Å². The Morgan fingerprint density at radius 3 is 2.42 bits per heavy atom. The minimum atomic E-state index is 0.0152. The zero-order chi connectivity index (χ0) is 22.0. The average Bonchev–Trinajstić information content (AvgIpc) is 3.10. The third-order valence-corrected chi connectivity index (χ3v) is 5.84. The summed E-state index contributed by atoms with van der Waals surface area (Å²) in [4.78, 5) is 17.5. The van der Waals surface area contributed by atoms with Crippen LogP contribution in [-0.4, -0.2) is 20.5 Å². The topological polar surface area (TPSA) is 59.3 Å². The lowest BCUT2D eigenvalue weighted by molar-refractivity contribution is -0.116. The van der Waals surface area contributed by atoms with E-state index in [9.17, 15) is 4.79 Å². The molecule has 0 unspecified atom stereocenters. The van der Waals surface area contributed by atoms with Crippen LogP contribution in [-0.2, 0) is 17.6 Å². The second-order valence-corrected chi connectivity index (χ2v) is 7.88. The number of nitrogens with one attached hydrogen (secondary N) is 1. The molecule has 5 nitrogen and oxygen atoms in total. The van der Waals surface area contributed by atoms with Gasteiger partial charge in [0.2, 0.25) is 5.91 Å². The molecule has 5 heteroatoms. The van der Waals surface area contributed by atoms with Gasteiger partial charge in [-0.15, -0.1) is 0 Å². The van der Waals surface area contributed by atoms with Gasteiger partial charge in [0.1, 0.15) is 0 Å². The number of aryl methyl sites for hydroxylation is 4. The largest absolute Gasteiger partial charge is 0.326 e. The van der Waals surface area contributed by atoms with E-state index in [-0.39, 0.29) is 5.91 Å². The van der Waals surface area contributed by atoms with Crippen LogP contribution in [0.25, 0.3) is 16.8 Å². The maximum absolute atomic E-state index is 12.6. The molecule has 2 aromatic carbocycles. The maximum Gasteiger partial charge on any atom is 0.224 e. The first-order valence-electron chi connectivity index (χ1n) is 10.8. The molecule has 0 fully saturated rings. The van der Waals surface area contributed by atoms with Crippen molar-refractivity contribution in [2.75, 3.05) is 5.32 Å². The summed E-state index contributed by atoms with van der Waals surface area (Å²) in [6.07, 6.45) is 1.91. The van der Waals surface area contributed by atoms with Crippen LogP contribution in [0.3, 0.4) is 0 Å². The van der Waals surface area contributed by atoms with Crippen molar-refractivity contribution in [3.8, 4) is 11.1 Å². The van der Waals surface area contributed by atoms with Crippen LogP contribution in [0, 0.1) is 20.8 Å². The van der Waals surface area contributed by atoms with Gasteiger partial charge >= 0.3 is 0 Å². The first kappa shape index (κ1) is 20.8. The van der Waals surface area contributed by atoms with E-state index in [1.165, 1.54) is 0 Å². The minimum Gasteiger partial charge on any atom is -0.326 e. The summed E-state index contributed by atoms with van der Waals surface area (Å²) < 4.78 is 1.92. The molecule has 2 heterocycles. The fraction of sp³-hybridized carbons (Fsp3) is 0.269. The Labute approximate surface area is 183 Å². The highest BCUT2D eigenvalue weighted by Crippen LogP contribution is 2.29. The lowest BCUT2D eigenvalue weighted by atomic mass is 10.0. The highest BCUT2D eigenvalue weighted by molar-refractivity contribution is 5.91. The maximum atomic E-state index is 12.6. The summed E-state index contributed by atoms with van der Waals surface area (Å²) in [5.41, 5.74) is 9.09. The summed E-state index contributed by atoms with van der Waals surface area (Å²) in [6.45, 7) is 8.19. The van der Waals surface area contributed by atoms with Crippen LogP contribution in [0.4, 0.5) is 5.69 Å². The van der Waals surface area contributed by atoms with Gasteiger partial charge in [0, 0.05) is 29.1 Å². The number of amides is 1. The van der Waals surface area contributed by atoms with Gasteiger partial charge in [-0.05, 0) is 56.4 Å². The van der Waals surface area contributed by atoms with Crippen molar-refractivity contribution in [1.29, 1.82) is 0 Å². The number of hydrogen-bond acceptors (Lipinski definition) is 3. The number of nitrogens with zero attached hydrogens (tertiary/aromatic N) is 3. The van der Waals surface area contributed by atoms with E-state index in [2.05, 4.69) is 31.3 Å². The zero-order valence-electron chi connectivity index (χ0n) is 18.6. The van der Waals surface area contributed by atoms with E-state index in [0.717, 1.165) is 57.1 Å². The summed E-state index contributed by atoms with van der Waals surface area (Å²) in [7, 11) is 0. The molecule has 0 bridgehead atoms. The van der Waals surface area contributed by atoms with Crippen molar-refractivity contribution in [2.45, 2.75) is 47.0 Å². The van der Waals surface area contributed by atoms with Gasteiger partial charge in [-0.25, -0.2) is 9.50 Å². The Morgan fingerprint density at radius 1 is 0.968 bits per heavy atom. The van der Waals surface area contributed by atoms with Crippen molar-refractivity contribution in [2.24, 2.45) is 0 Å². The van der Waals surface area contributed by atoms with E-state index in [0.29, 0.717) is 12.8 Å². The average molecular weight is 413 g/mol. The Balaban J connectivity index is 1.60. The highest BCUT2D eigenvalue weighted by atomic mass is 16.1. The molecule has 0 aliphatic rings. The number of rotatable bonds is 6. The zero-order valence-corrected chi connectivity index (χ0v) is 18.6. The third kappa shape index (κ3) is 4.08. The molecular weight excluding hydrogens is 384 g/mol. The van der Waals surface area contributed by atoms with E-state index in [1.54, 1.807) is 0 Å². The molecule has 2 aromatic heterocycles. The molecule has 1 N–H and O–H groups in total. The second kappa shape index (κ2) is 8.72. The Kier molecular flexibility index (Phi) is 5.85. The van der Waals surface area contributed by atoms with Crippen molar-refractivity contribution in [3.63, 3.8) is 0 Å². The Hall–Kier alpha value is -3.47. The van der Waals surface area contributed by atoms with Crippen LogP contribution in [0.15, 0.2) is 54.6 Å². The number of hydrogen-bond donors (Lipinski definition) is 1. The highest BCUT2D eigenvalue weighted by Gasteiger charge is 2.18. The monoisotopic (exact) mass is 412 g/mol. The fourth-order valence-electron chi connectivity index (χ4n) is 4.17. The summed E-state index contributed by atoms with van der Waals surface area (Å²) in [5.74, 6) is 0.0152. The van der Waals surface area contributed by atoms with Crippen molar-refractivity contribution >= 4 is 17.2 Å². The molecular formula is C26H28N4O. The number of benzene rings is 2. The number of para-hydroxylation sites is 1. The number of carbonyl (C=O) groups excluding carboxylic acids is 1. The SMILES string of the molecule is CCc1ccccc1NC(=O)CCc1c(C)nc2c(-c3ccccc3)c(C)nn2c1C. The molecule has 0 spiro atoms. The van der Waals surface area contributed by atoms with Crippen molar-refractivity contribution in [1.82, 2.24) is 14.6 Å². The van der Waals surface area contributed by atoms with Crippen molar-refractivity contribution in [3.05, 3.63) is 82.8 Å². The number of fused-ring (bicyclic) bond motifs is 1. The van der Waals surface area contributed by atoms with Gasteiger partial charge in [-0.2, -0.15) is 5.10 Å². The molecule has 0 aliphatic heterocycles. The second-order valence-electron chi connectivity index (χ2n) is 7.88. The van der Waals surface area contributed by atoms with E-state index in [1.807, 2.05) is 60.8 Å². The Morgan fingerprint density at radius 2 is 1.68 bits per heavy atom. The number of anilines is 1. The molecule has 0 atom stereocenters. The van der Waals surface area contributed by atoms with Gasteiger partial charge in [0.25, 0.3) is 0 Å². The third-order valence-electron chi connectivity index (χ3n) is 5.84. The minimum absolute atomic E-state index is 0.0152. The van der Waals surface area contributed by atoms with Gasteiger partial charge in [0.15, 0.2) is 5.65 Å². The lowest BCUT2D eigenvalue weighted by Gasteiger charge is -2.13. The van der Waals surface area contributed by atoms with Crippen LogP contribution >= 0.6 is 0 Å². The number of aromatic nitrogens is 3. The summed E-state index contributed by atoms with van der Waals surface area (Å²) in [5, 5.41) is 7.82. The molecule has 0 saturated carbocycles. The lowest BCUT2D eigenvalue weighted by Crippen LogP contribution is -2.15. The predicted molar refractivity (Wildman–Crippen MR) is 125 cm³/mol. The molecule has 1 amide bonds. The molecule has 31 heavy (non-hydrogen) atoms.